The Bertz CT molecular complexity index is 671. The van der Waals surface area contributed by atoms with E-state index in [4.69, 9.17) is 9.31 Å². The van der Waals surface area contributed by atoms with Crippen molar-refractivity contribution >= 4 is 18.5 Å². The van der Waals surface area contributed by atoms with Gasteiger partial charge < -0.3 is 14.6 Å². The van der Waals surface area contributed by atoms with Crippen LogP contribution in [0, 0.1) is 11.6 Å². The molecule has 1 saturated carbocycles. The Hall–Kier alpha value is -1.47. The molecule has 1 heterocycles. The zero-order chi connectivity index (χ0) is 18.4. The number of carbonyl (C=O) groups is 1. The summed E-state index contributed by atoms with van der Waals surface area (Å²) in [6, 6.07) is 2.35. The molecule has 0 unspecified atom stereocenters. The van der Waals surface area contributed by atoms with Crippen molar-refractivity contribution < 1.29 is 22.9 Å². The average Bonchev–Trinajstić information content (AvgIpc) is 3.05. The predicted molar refractivity (Wildman–Crippen MR) is 91.8 cm³/mol. The summed E-state index contributed by atoms with van der Waals surface area (Å²) in [4.78, 5) is 12.4. The maximum atomic E-state index is 15.0. The SMILES string of the molecule is CC1(C)OB(c2ccc(F)c(C(=O)NC3CCCC3)c2F)OC1(C)C. The Labute approximate surface area is 147 Å². The second-order valence-electron chi connectivity index (χ2n) is 7.87. The number of benzene rings is 1. The zero-order valence-electron chi connectivity index (χ0n) is 15.1. The van der Waals surface area contributed by atoms with Gasteiger partial charge in [0.25, 0.3) is 5.91 Å². The summed E-state index contributed by atoms with van der Waals surface area (Å²) in [6.07, 6.45) is 3.71. The van der Waals surface area contributed by atoms with Crippen LogP contribution in [-0.4, -0.2) is 30.3 Å². The van der Waals surface area contributed by atoms with Crippen LogP contribution in [0.3, 0.4) is 0 Å². The molecule has 2 aliphatic rings. The molecule has 1 aliphatic heterocycles. The highest BCUT2D eigenvalue weighted by molar-refractivity contribution is 6.62. The molecule has 3 rings (SSSR count). The minimum atomic E-state index is -0.983. The summed E-state index contributed by atoms with van der Waals surface area (Å²) < 4.78 is 40.8. The van der Waals surface area contributed by atoms with Crippen LogP contribution >= 0.6 is 0 Å². The summed E-state index contributed by atoms with van der Waals surface area (Å²) in [5.41, 5.74) is -1.83. The summed E-state index contributed by atoms with van der Waals surface area (Å²) in [6.45, 7) is 7.40. The Morgan fingerprint density at radius 2 is 1.68 bits per heavy atom. The number of nitrogens with one attached hydrogen (secondary N) is 1. The van der Waals surface area contributed by atoms with Crippen molar-refractivity contribution in [3.05, 3.63) is 29.3 Å². The van der Waals surface area contributed by atoms with E-state index in [1.807, 2.05) is 27.7 Å². The van der Waals surface area contributed by atoms with Gasteiger partial charge in [-0.3, -0.25) is 4.79 Å². The third-order valence-electron chi connectivity index (χ3n) is 5.55. The van der Waals surface area contributed by atoms with Crippen molar-refractivity contribution in [1.82, 2.24) is 5.32 Å². The van der Waals surface area contributed by atoms with Crippen molar-refractivity contribution in [2.75, 3.05) is 0 Å². The van der Waals surface area contributed by atoms with Gasteiger partial charge in [-0.15, -0.1) is 0 Å². The van der Waals surface area contributed by atoms with Gasteiger partial charge in [0.05, 0.1) is 11.2 Å². The van der Waals surface area contributed by atoms with Crippen LogP contribution in [0.25, 0.3) is 0 Å². The molecule has 4 nitrogen and oxygen atoms in total. The molecular weight excluding hydrogens is 327 g/mol. The van der Waals surface area contributed by atoms with E-state index in [-0.39, 0.29) is 11.5 Å². The van der Waals surface area contributed by atoms with Crippen molar-refractivity contribution in [2.24, 2.45) is 0 Å². The number of hydrogen-bond acceptors (Lipinski definition) is 3. The summed E-state index contributed by atoms with van der Waals surface area (Å²) in [7, 11) is -0.983. The van der Waals surface area contributed by atoms with Gasteiger partial charge in [0.1, 0.15) is 17.2 Å². The Kier molecular flexibility index (Phi) is 4.66. The number of rotatable bonds is 3. The van der Waals surface area contributed by atoms with Crippen LogP contribution in [0.4, 0.5) is 8.78 Å². The topological polar surface area (TPSA) is 47.6 Å². The highest BCUT2D eigenvalue weighted by Crippen LogP contribution is 2.36. The molecule has 0 aromatic heterocycles. The molecule has 2 fully saturated rings. The van der Waals surface area contributed by atoms with E-state index in [1.165, 1.54) is 6.07 Å². The second-order valence-corrected chi connectivity index (χ2v) is 7.87. The smallest absolute Gasteiger partial charge is 0.399 e. The largest absolute Gasteiger partial charge is 0.497 e. The van der Waals surface area contributed by atoms with Gasteiger partial charge in [0.2, 0.25) is 0 Å². The van der Waals surface area contributed by atoms with E-state index in [2.05, 4.69) is 5.32 Å². The minimum Gasteiger partial charge on any atom is -0.399 e. The Morgan fingerprint density at radius 1 is 1.12 bits per heavy atom. The lowest BCUT2D eigenvalue weighted by Crippen LogP contribution is -2.41. The van der Waals surface area contributed by atoms with Crippen LogP contribution in [0.15, 0.2) is 12.1 Å². The van der Waals surface area contributed by atoms with Crippen LogP contribution in [0.2, 0.25) is 0 Å². The first-order chi connectivity index (χ1) is 11.6. The number of halogens is 2. The van der Waals surface area contributed by atoms with Gasteiger partial charge in [0, 0.05) is 11.5 Å². The van der Waals surface area contributed by atoms with Crippen molar-refractivity contribution in [3.63, 3.8) is 0 Å². The summed E-state index contributed by atoms with van der Waals surface area (Å²) in [5.74, 6) is -2.53. The first kappa shape index (κ1) is 18.3. The van der Waals surface area contributed by atoms with Crippen molar-refractivity contribution in [2.45, 2.75) is 70.6 Å². The molecule has 0 spiro atoms. The fourth-order valence-corrected chi connectivity index (χ4v) is 3.26. The van der Waals surface area contributed by atoms with E-state index in [1.54, 1.807) is 0 Å². The lowest BCUT2D eigenvalue weighted by atomic mass is 9.77. The first-order valence-electron chi connectivity index (χ1n) is 8.77. The van der Waals surface area contributed by atoms with Gasteiger partial charge in [-0.25, -0.2) is 8.78 Å². The highest BCUT2D eigenvalue weighted by Gasteiger charge is 2.52. The minimum absolute atomic E-state index is 0.0215. The van der Waals surface area contributed by atoms with Gasteiger partial charge in [-0.2, -0.15) is 0 Å². The van der Waals surface area contributed by atoms with Crippen LogP contribution in [0.1, 0.15) is 63.7 Å². The lowest BCUT2D eigenvalue weighted by molar-refractivity contribution is 0.00578. The molecule has 1 aromatic rings. The van der Waals surface area contributed by atoms with Gasteiger partial charge >= 0.3 is 7.12 Å². The molecule has 1 saturated heterocycles. The Morgan fingerprint density at radius 3 is 2.24 bits per heavy atom. The van der Waals surface area contributed by atoms with Gasteiger partial charge in [0.15, 0.2) is 0 Å². The molecule has 1 N–H and O–H groups in total. The third kappa shape index (κ3) is 3.32. The van der Waals surface area contributed by atoms with Gasteiger partial charge in [-0.1, -0.05) is 18.9 Å². The zero-order valence-corrected chi connectivity index (χ0v) is 15.1. The molecule has 1 aliphatic carbocycles. The van der Waals surface area contributed by atoms with E-state index < -0.39 is 41.4 Å². The first-order valence-corrected chi connectivity index (χ1v) is 8.77. The molecule has 25 heavy (non-hydrogen) atoms. The average molecular weight is 351 g/mol. The van der Waals surface area contributed by atoms with Crippen LogP contribution in [-0.2, 0) is 9.31 Å². The standard InChI is InChI=1S/C18H24BF2NO3/c1-17(2)18(3,4)25-19(24-17)12-9-10-13(20)14(15(12)21)16(23)22-11-7-5-6-8-11/h9-11H,5-8H2,1-4H3,(H,22,23). The molecule has 1 amide bonds. The maximum Gasteiger partial charge on any atom is 0.497 e. The normalized spacial score (nSPS) is 22.4. The quantitative estimate of drug-likeness (QED) is 0.852. The molecular formula is C18H24BF2NO3. The van der Waals surface area contributed by atoms with E-state index in [9.17, 15) is 13.6 Å². The van der Waals surface area contributed by atoms with E-state index in [0.29, 0.717) is 0 Å². The second kappa shape index (κ2) is 6.36. The molecule has 0 atom stereocenters. The molecule has 7 heteroatoms. The predicted octanol–water partition coefficient (Wildman–Crippen LogP) is 2.94. The Balaban J connectivity index is 1.89. The maximum absolute atomic E-state index is 15.0. The van der Waals surface area contributed by atoms with Gasteiger partial charge in [-0.05, 0) is 46.6 Å². The van der Waals surface area contributed by atoms with Crippen molar-refractivity contribution in [1.29, 1.82) is 0 Å². The van der Waals surface area contributed by atoms with Crippen molar-refractivity contribution in [3.8, 4) is 0 Å². The number of amides is 1. The fourth-order valence-electron chi connectivity index (χ4n) is 3.26. The highest BCUT2D eigenvalue weighted by atomic mass is 19.1. The summed E-state index contributed by atoms with van der Waals surface area (Å²) >= 11 is 0. The summed E-state index contributed by atoms with van der Waals surface area (Å²) in [5, 5.41) is 2.73. The van der Waals surface area contributed by atoms with E-state index >= 15 is 0 Å². The number of hydrogen-bond donors (Lipinski definition) is 1. The van der Waals surface area contributed by atoms with Crippen LogP contribution < -0.4 is 10.8 Å². The molecule has 1 aromatic carbocycles. The fraction of sp³-hybridized carbons (Fsp3) is 0.611. The monoisotopic (exact) mass is 351 g/mol. The third-order valence-corrected chi connectivity index (χ3v) is 5.55. The molecule has 0 bridgehead atoms. The van der Waals surface area contributed by atoms with Crippen LogP contribution in [0.5, 0.6) is 0 Å². The molecule has 136 valence electrons. The number of carbonyl (C=O) groups excluding carboxylic acids is 1. The van der Waals surface area contributed by atoms with E-state index in [0.717, 1.165) is 31.7 Å². The lowest BCUT2D eigenvalue weighted by Gasteiger charge is -2.32. The molecule has 0 radical (unpaired) electrons.